The molecule has 5 rings (SSSR count). The smallest absolute Gasteiger partial charge is 0.222 e. The van der Waals surface area contributed by atoms with Crippen molar-refractivity contribution >= 4 is 5.91 Å². The zero-order chi connectivity index (χ0) is 17.4. The Kier molecular flexibility index (Phi) is 4.72. The maximum Gasteiger partial charge on any atom is 0.222 e. The van der Waals surface area contributed by atoms with E-state index < -0.39 is 0 Å². The second kappa shape index (κ2) is 6.99. The molecule has 25 heavy (non-hydrogen) atoms. The van der Waals surface area contributed by atoms with E-state index >= 15 is 0 Å². The Morgan fingerprint density at radius 1 is 1.16 bits per heavy atom. The second-order valence-electron chi connectivity index (χ2n) is 7.88. The van der Waals surface area contributed by atoms with Crippen molar-refractivity contribution in [2.45, 2.75) is 57.0 Å². The van der Waals surface area contributed by atoms with E-state index in [1.807, 2.05) is 0 Å². The van der Waals surface area contributed by atoms with Crippen molar-refractivity contribution in [3.63, 3.8) is 0 Å². The highest BCUT2D eigenvalue weighted by atomic mass is 16.5. The van der Waals surface area contributed by atoms with Crippen molar-refractivity contribution in [2.75, 3.05) is 26.7 Å². The summed E-state index contributed by atoms with van der Waals surface area (Å²) < 4.78 is 5.32. The minimum Gasteiger partial charge on any atom is -0.497 e. The van der Waals surface area contributed by atoms with E-state index in [0.717, 1.165) is 25.1 Å². The van der Waals surface area contributed by atoms with Crippen LogP contribution >= 0.6 is 0 Å². The van der Waals surface area contributed by atoms with Gasteiger partial charge in [0, 0.05) is 24.9 Å². The monoisotopic (exact) mass is 342 g/mol. The summed E-state index contributed by atoms with van der Waals surface area (Å²) >= 11 is 0. The number of benzene rings is 1. The molecule has 0 saturated carbocycles. The number of hydrogen-bond acceptors (Lipinski definition) is 3. The lowest BCUT2D eigenvalue weighted by atomic mass is 9.75. The number of amides is 1. The van der Waals surface area contributed by atoms with Crippen LogP contribution in [0.4, 0.5) is 0 Å². The van der Waals surface area contributed by atoms with Crippen molar-refractivity contribution in [3.8, 4) is 5.75 Å². The molecule has 1 aromatic carbocycles. The minimum absolute atomic E-state index is 0.376. The molecule has 4 aliphatic rings. The zero-order valence-electron chi connectivity index (χ0n) is 15.5. The molecule has 136 valence electrons. The van der Waals surface area contributed by atoms with E-state index in [4.69, 9.17) is 4.74 Å². The summed E-state index contributed by atoms with van der Waals surface area (Å²) in [4.78, 5) is 17.8. The van der Waals surface area contributed by atoms with Gasteiger partial charge in [-0.25, -0.2) is 0 Å². The second-order valence-corrected chi connectivity index (χ2v) is 7.88. The standard InChI is InChI=1S/C21H30N2O2/c1-3-4-5-19(24)23-14-18(15-6-8-17(25-2)9-7-15)21-20(23)16-10-12-22(21)13-11-16/h6-9,16,18,20-21H,3-5,10-14H2,1-2H3/t18-,20+,21+/m1/s1. The van der Waals surface area contributed by atoms with Gasteiger partial charge in [0.15, 0.2) is 0 Å². The molecule has 1 amide bonds. The number of piperidine rings is 3. The molecular formula is C21H30N2O2. The normalized spacial score (nSPS) is 33.4. The summed E-state index contributed by atoms with van der Waals surface area (Å²) in [5, 5.41) is 0. The van der Waals surface area contributed by atoms with Crippen LogP contribution in [0.15, 0.2) is 24.3 Å². The maximum atomic E-state index is 12.9. The van der Waals surface area contributed by atoms with Crippen molar-refractivity contribution < 1.29 is 9.53 Å². The first-order valence-corrected chi connectivity index (χ1v) is 9.90. The third-order valence-electron chi connectivity index (χ3n) is 6.60. The van der Waals surface area contributed by atoms with Crippen LogP contribution in [0.5, 0.6) is 5.75 Å². The van der Waals surface area contributed by atoms with Crippen LogP contribution in [-0.4, -0.2) is 54.5 Å². The Labute approximate surface area is 151 Å². The van der Waals surface area contributed by atoms with Gasteiger partial charge in [-0.1, -0.05) is 25.5 Å². The molecule has 0 spiro atoms. The van der Waals surface area contributed by atoms with Gasteiger partial charge in [0.2, 0.25) is 5.91 Å². The fourth-order valence-corrected chi connectivity index (χ4v) is 5.32. The molecule has 0 aliphatic carbocycles. The zero-order valence-corrected chi connectivity index (χ0v) is 15.5. The number of nitrogens with zero attached hydrogens (tertiary/aromatic N) is 2. The van der Waals surface area contributed by atoms with Crippen molar-refractivity contribution in [2.24, 2.45) is 5.92 Å². The highest BCUT2D eigenvalue weighted by Gasteiger charge is 2.54. The number of likely N-dealkylation sites (tertiary alicyclic amines) is 1. The lowest BCUT2D eigenvalue weighted by Crippen LogP contribution is -2.60. The fraction of sp³-hybridized carbons (Fsp3) is 0.667. The van der Waals surface area contributed by atoms with Gasteiger partial charge in [0.05, 0.1) is 13.2 Å². The maximum absolute atomic E-state index is 12.9. The van der Waals surface area contributed by atoms with Crippen LogP contribution in [0.25, 0.3) is 0 Å². The predicted molar refractivity (Wildman–Crippen MR) is 98.8 cm³/mol. The molecule has 4 aliphatic heterocycles. The Morgan fingerprint density at radius 2 is 1.88 bits per heavy atom. The van der Waals surface area contributed by atoms with Crippen LogP contribution < -0.4 is 4.74 Å². The van der Waals surface area contributed by atoms with Gasteiger partial charge in [-0.15, -0.1) is 0 Å². The molecule has 3 atom stereocenters. The van der Waals surface area contributed by atoms with Crippen molar-refractivity contribution in [1.29, 1.82) is 0 Å². The largest absolute Gasteiger partial charge is 0.497 e. The van der Waals surface area contributed by atoms with Crippen LogP contribution in [0.3, 0.4) is 0 Å². The minimum atomic E-state index is 0.376. The fourth-order valence-electron chi connectivity index (χ4n) is 5.32. The van der Waals surface area contributed by atoms with Gasteiger partial charge in [-0.3, -0.25) is 9.69 Å². The van der Waals surface area contributed by atoms with E-state index in [1.165, 1.54) is 31.5 Å². The van der Waals surface area contributed by atoms with Gasteiger partial charge < -0.3 is 9.64 Å². The molecule has 0 unspecified atom stereocenters. The first-order valence-electron chi connectivity index (χ1n) is 9.90. The molecule has 0 radical (unpaired) electrons. The van der Waals surface area contributed by atoms with Gasteiger partial charge in [0.25, 0.3) is 0 Å². The molecule has 2 bridgehead atoms. The molecule has 1 aromatic rings. The van der Waals surface area contributed by atoms with Gasteiger partial charge in [-0.05, 0) is 56.0 Å². The van der Waals surface area contributed by atoms with E-state index in [9.17, 15) is 4.79 Å². The van der Waals surface area contributed by atoms with Crippen LogP contribution in [-0.2, 0) is 4.79 Å². The Balaban J connectivity index is 1.62. The number of methoxy groups -OCH3 is 1. The quantitative estimate of drug-likeness (QED) is 0.823. The highest BCUT2D eigenvalue weighted by molar-refractivity contribution is 5.77. The summed E-state index contributed by atoms with van der Waals surface area (Å²) in [6.45, 7) is 5.46. The Bertz CT molecular complexity index is 607. The Morgan fingerprint density at radius 3 is 2.52 bits per heavy atom. The first kappa shape index (κ1) is 16.9. The van der Waals surface area contributed by atoms with E-state index in [2.05, 4.69) is 41.0 Å². The third-order valence-corrected chi connectivity index (χ3v) is 6.60. The first-order chi connectivity index (χ1) is 12.2. The molecule has 4 fully saturated rings. The van der Waals surface area contributed by atoms with Crippen LogP contribution in [0.1, 0.15) is 50.5 Å². The number of ether oxygens (including phenoxy) is 1. The van der Waals surface area contributed by atoms with Crippen LogP contribution in [0, 0.1) is 5.92 Å². The number of fused-ring (bicyclic) bond motifs is 2. The average molecular weight is 342 g/mol. The topological polar surface area (TPSA) is 32.8 Å². The number of carbonyl (C=O) groups is 1. The van der Waals surface area contributed by atoms with Gasteiger partial charge in [0.1, 0.15) is 5.75 Å². The number of carbonyl (C=O) groups excluding carboxylic acids is 1. The van der Waals surface area contributed by atoms with Gasteiger partial charge in [-0.2, -0.15) is 0 Å². The van der Waals surface area contributed by atoms with E-state index in [0.29, 0.717) is 36.2 Å². The third kappa shape index (κ3) is 2.95. The molecule has 0 N–H and O–H groups in total. The summed E-state index contributed by atoms with van der Waals surface area (Å²) in [5.41, 5.74) is 1.36. The van der Waals surface area contributed by atoms with Gasteiger partial charge >= 0.3 is 0 Å². The predicted octanol–water partition coefficient (Wildman–Crippen LogP) is 3.27. The number of hydrogen-bond donors (Lipinski definition) is 0. The molecule has 4 nitrogen and oxygen atoms in total. The summed E-state index contributed by atoms with van der Waals surface area (Å²) in [6, 6.07) is 9.45. The Hall–Kier alpha value is -1.55. The average Bonchev–Trinajstić information content (AvgIpc) is 3.10. The summed E-state index contributed by atoms with van der Waals surface area (Å²) in [5.74, 6) is 2.41. The molecule has 4 heteroatoms. The molecular weight excluding hydrogens is 312 g/mol. The summed E-state index contributed by atoms with van der Waals surface area (Å²) in [7, 11) is 1.71. The number of rotatable bonds is 5. The van der Waals surface area contributed by atoms with E-state index in [-0.39, 0.29) is 0 Å². The number of unbranched alkanes of at least 4 members (excludes halogenated alkanes) is 1. The van der Waals surface area contributed by atoms with Crippen molar-refractivity contribution in [3.05, 3.63) is 29.8 Å². The SMILES string of the molecule is CCCCC(=O)N1C[C@H](c2ccc(OC)cc2)[C@H]2[C@@H]1C1CCN2CC1. The van der Waals surface area contributed by atoms with E-state index in [1.54, 1.807) is 7.11 Å². The molecule has 0 aromatic heterocycles. The molecule has 4 heterocycles. The highest BCUT2D eigenvalue weighted by Crippen LogP contribution is 2.46. The van der Waals surface area contributed by atoms with Crippen LogP contribution in [0.2, 0.25) is 0 Å². The summed E-state index contributed by atoms with van der Waals surface area (Å²) in [6.07, 6.45) is 5.32. The van der Waals surface area contributed by atoms with Crippen molar-refractivity contribution in [1.82, 2.24) is 9.80 Å². The molecule has 4 saturated heterocycles. The lowest BCUT2D eigenvalue weighted by Gasteiger charge is -2.51. The lowest BCUT2D eigenvalue weighted by molar-refractivity contribution is -0.136.